The van der Waals surface area contributed by atoms with Crippen LogP contribution in [0.25, 0.3) is 0 Å². The van der Waals surface area contributed by atoms with Gasteiger partial charge in [0.15, 0.2) is 0 Å². The number of benzene rings is 2. The predicted molar refractivity (Wildman–Crippen MR) is 123 cm³/mol. The number of carboxylic acids is 1. The highest BCUT2D eigenvalue weighted by molar-refractivity contribution is 5.87. The monoisotopic (exact) mass is 471 g/mol. The van der Waals surface area contributed by atoms with Crippen molar-refractivity contribution in [3.63, 3.8) is 0 Å². The molecule has 0 radical (unpaired) electrons. The van der Waals surface area contributed by atoms with Crippen molar-refractivity contribution in [3.05, 3.63) is 71.8 Å². The second-order valence-corrected chi connectivity index (χ2v) is 7.35. The second kappa shape index (κ2) is 14.9. The number of aliphatic carboxylic acids is 1. The lowest BCUT2D eigenvalue weighted by Crippen LogP contribution is -2.48. The van der Waals surface area contributed by atoms with Crippen molar-refractivity contribution < 1.29 is 33.8 Å². The van der Waals surface area contributed by atoms with Crippen LogP contribution in [0.4, 0.5) is 9.59 Å². The molecule has 2 rings (SSSR count). The van der Waals surface area contributed by atoms with Gasteiger partial charge < -0.3 is 30.5 Å². The molecule has 10 heteroatoms. The van der Waals surface area contributed by atoms with Crippen LogP contribution in [0.2, 0.25) is 0 Å². The third kappa shape index (κ3) is 11.0. The van der Waals surface area contributed by atoms with Crippen LogP contribution in [-0.4, -0.2) is 48.3 Å². The number of rotatable bonds is 13. The first kappa shape index (κ1) is 26.2. The topological polar surface area (TPSA) is 143 Å². The maximum absolute atomic E-state index is 12.3. The van der Waals surface area contributed by atoms with Crippen LogP contribution in [0, 0.1) is 0 Å². The second-order valence-electron chi connectivity index (χ2n) is 7.35. The van der Waals surface area contributed by atoms with Crippen molar-refractivity contribution in [1.82, 2.24) is 16.0 Å². The standard InChI is InChI=1S/C24H29N3O7/c28-21(29)15-26-22(30)20(27-24(32)34-17-19-11-5-2-6-12-19)13-7-8-14-25-23(31)33-16-18-9-3-1-4-10-18/h1-6,9-12,20H,7-8,13-17H2,(H,25,31)(H,26,30)(H,27,32)(H,28,29). The number of alkyl carbamates (subject to hydrolysis) is 2. The van der Waals surface area contributed by atoms with E-state index in [1.165, 1.54) is 0 Å². The van der Waals surface area contributed by atoms with Gasteiger partial charge in [0, 0.05) is 6.54 Å². The fourth-order valence-electron chi connectivity index (χ4n) is 2.90. The van der Waals surface area contributed by atoms with Crippen LogP contribution in [0.1, 0.15) is 30.4 Å². The van der Waals surface area contributed by atoms with E-state index in [1.807, 2.05) is 48.5 Å². The summed E-state index contributed by atoms with van der Waals surface area (Å²) in [4.78, 5) is 47.0. The average Bonchev–Trinajstić information content (AvgIpc) is 2.85. The SMILES string of the molecule is O=C(O)CNC(=O)C(CCCCNC(=O)OCc1ccccc1)NC(=O)OCc1ccccc1. The molecule has 0 heterocycles. The third-order valence-electron chi connectivity index (χ3n) is 4.64. The van der Waals surface area contributed by atoms with Gasteiger partial charge in [-0.3, -0.25) is 9.59 Å². The molecule has 0 saturated carbocycles. The van der Waals surface area contributed by atoms with Gasteiger partial charge in [0.25, 0.3) is 0 Å². The van der Waals surface area contributed by atoms with Gasteiger partial charge in [-0.1, -0.05) is 60.7 Å². The lowest BCUT2D eigenvalue weighted by Gasteiger charge is -2.18. The molecule has 1 unspecified atom stereocenters. The first-order chi connectivity index (χ1) is 16.4. The Labute approximate surface area is 197 Å². The molecule has 0 aliphatic rings. The van der Waals surface area contributed by atoms with Crippen molar-refractivity contribution in [3.8, 4) is 0 Å². The van der Waals surface area contributed by atoms with Crippen LogP contribution in [-0.2, 0) is 32.3 Å². The highest BCUT2D eigenvalue weighted by Crippen LogP contribution is 2.05. The number of carbonyl (C=O) groups excluding carboxylic acids is 3. The van der Waals surface area contributed by atoms with E-state index < -0.39 is 36.6 Å². The van der Waals surface area contributed by atoms with Crippen LogP contribution < -0.4 is 16.0 Å². The Morgan fingerprint density at radius 2 is 1.32 bits per heavy atom. The number of carboxylic acid groups (broad SMARTS) is 1. The van der Waals surface area contributed by atoms with Gasteiger partial charge in [0.1, 0.15) is 25.8 Å². The van der Waals surface area contributed by atoms with E-state index in [0.717, 1.165) is 11.1 Å². The molecule has 0 saturated heterocycles. The number of nitrogens with one attached hydrogen (secondary N) is 3. The number of ether oxygens (including phenoxy) is 2. The van der Waals surface area contributed by atoms with E-state index in [4.69, 9.17) is 14.6 Å². The summed E-state index contributed by atoms with van der Waals surface area (Å²) in [5.41, 5.74) is 1.66. The zero-order valence-electron chi connectivity index (χ0n) is 18.7. The van der Waals surface area contributed by atoms with Gasteiger partial charge in [-0.2, -0.15) is 0 Å². The number of unbranched alkanes of at least 4 members (excludes halogenated alkanes) is 1. The normalized spacial score (nSPS) is 11.1. The van der Waals surface area contributed by atoms with Crippen LogP contribution in [0.3, 0.4) is 0 Å². The number of carbonyl (C=O) groups is 4. The summed E-state index contributed by atoms with van der Waals surface area (Å²) < 4.78 is 10.3. The minimum absolute atomic E-state index is 0.0329. The van der Waals surface area contributed by atoms with Crippen LogP contribution in [0.15, 0.2) is 60.7 Å². The van der Waals surface area contributed by atoms with Gasteiger partial charge >= 0.3 is 18.2 Å². The summed E-state index contributed by atoms with van der Waals surface area (Å²) in [5.74, 6) is -1.83. The van der Waals surface area contributed by atoms with Gasteiger partial charge in [-0.15, -0.1) is 0 Å². The molecule has 182 valence electrons. The fourth-order valence-corrected chi connectivity index (χ4v) is 2.90. The zero-order valence-corrected chi connectivity index (χ0v) is 18.7. The largest absolute Gasteiger partial charge is 0.480 e. The number of hydrogen-bond acceptors (Lipinski definition) is 6. The molecule has 0 bridgehead atoms. The lowest BCUT2D eigenvalue weighted by atomic mass is 10.1. The molecule has 0 aliphatic carbocycles. The van der Waals surface area contributed by atoms with Gasteiger partial charge in [-0.25, -0.2) is 9.59 Å². The molecule has 34 heavy (non-hydrogen) atoms. The predicted octanol–water partition coefficient (Wildman–Crippen LogP) is 2.58. The number of hydrogen-bond donors (Lipinski definition) is 4. The van der Waals surface area contributed by atoms with Crippen molar-refractivity contribution in [2.24, 2.45) is 0 Å². The molecule has 0 fully saturated rings. The molecule has 4 N–H and O–H groups in total. The summed E-state index contributed by atoms with van der Waals surface area (Å²) in [6.45, 7) is -0.0565. The van der Waals surface area contributed by atoms with Gasteiger partial charge in [0.05, 0.1) is 0 Å². The molecule has 10 nitrogen and oxygen atoms in total. The van der Waals surface area contributed by atoms with E-state index in [0.29, 0.717) is 19.4 Å². The Morgan fingerprint density at radius 3 is 1.88 bits per heavy atom. The maximum Gasteiger partial charge on any atom is 0.408 e. The van der Waals surface area contributed by atoms with Crippen molar-refractivity contribution >= 4 is 24.1 Å². The summed E-state index contributed by atoms with van der Waals surface area (Å²) in [7, 11) is 0. The molecular formula is C24H29N3O7. The Hall–Kier alpha value is -4.08. The van der Waals surface area contributed by atoms with Crippen LogP contribution >= 0.6 is 0 Å². The number of amides is 3. The minimum Gasteiger partial charge on any atom is -0.480 e. The molecular weight excluding hydrogens is 442 g/mol. The van der Waals surface area contributed by atoms with Gasteiger partial charge in [0.2, 0.25) is 5.91 Å². The van der Waals surface area contributed by atoms with E-state index in [2.05, 4.69) is 16.0 Å². The molecule has 0 spiro atoms. The lowest BCUT2D eigenvalue weighted by molar-refractivity contribution is -0.138. The van der Waals surface area contributed by atoms with Crippen LogP contribution in [0.5, 0.6) is 0 Å². The summed E-state index contributed by atoms with van der Waals surface area (Å²) in [6, 6.07) is 17.3. The maximum atomic E-state index is 12.3. The quantitative estimate of drug-likeness (QED) is 0.329. The Morgan fingerprint density at radius 1 is 0.765 bits per heavy atom. The van der Waals surface area contributed by atoms with E-state index in [-0.39, 0.29) is 19.6 Å². The zero-order chi connectivity index (χ0) is 24.6. The van der Waals surface area contributed by atoms with Crippen molar-refractivity contribution in [2.45, 2.75) is 38.5 Å². The van der Waals surface area contributed by atoms with Crippen molar-refractivity contribution in [2.75, 3.05) is 13.1 Å². The fraction of sp³-hybridized carbons (Fsp3) is 0.333. The highest BCUT2D eigenvalue weighted by Gasteiger charge is 2.21. The minimum atomic E-state index is -1.20. The third-order valence-corrected chi connectivity index (χ3v) is 4.64. The molecule has 0 aliphatic heterocycles. The van der Waals surface area contributed by atoms with Crippen molar-refractivity contribution in [1.29, 1.82) is 0 Å². The molecule has 2 aromatic rings. The Balaban J connectivity index is 1.72. The summed E-state index contributed by atoms with van der Waals surface area (Å²) in [5, 5.41) is 16.1. The van der Waals surface area contributed by atoms with Gasteiger partial charge in [-0.05, 0) is 30.4 Å². The molecule has 0 aromatic heterocycles. The average molecular weight is 472 g/mol. The summed E-state index contributed by atoms with van der Waals surface area (Å²) >= 11 is 0. The smallest absolute Gasteiger partial charge is 0.408 e. The Kier molecular flexibility index (Phi) is 11.5. The first-order valence-corrected chi connectivity index (χ1v) is 10.9. The highest BCUT2D eigenvalue weighted by atomic mass is 16.6. The molecule has 3 amide bonds. The summed E-state index contributed by atoms with van der Waals surface area (Å²) in [6.07, 6.45) is -0.122. The molecule has 1 atom stereocenters. The van der Waals surface area contributed by atoms with E-state index in [9.17, 15) is 19.2 Å². The Bertz CT molecular complexity index is 923. The first-order valence-electron chi connectivity index (χ1n) is 10.9. The van der Waals surface area contributed by atoms with E-state index in [1.54, 1.807) is 12.1 Å². The van der Waals surface area contributed by atoms with E-state index >= 15 is 0 Å². The molecule has 2 aromatic carbocycles.